The molecule has 0 bridgehead atoms. The topological polar surface area (TPSA) is 15.3 Å². The molecule has 3 heteroatoms. The number of piperidine rings is 1. The quantitative estimate of drug-likeness (QED) is 0.855. The first-order chi connectivity index (χ1) is 10.3. The average Bonchev–Trinajstić information content (AvgIpc) is 2.53. The predicted molar refractivity (Wildman–Crippen MR) is 93.8 cm³/mol. The Morgan fingerprint density at radius 1 is 1.19 bits per heavy atom. The Morgan fingerprint density at radius 3 is 2.81 bits per heavy atom. The summed E-state index contributed by atoms with van der Waals surface area (Å²) in [5.41, 5.74) is 2.88. The molecule has 21 heavy (non-hydrogen) atoms. The molecule has 2 nitrogen and oxygen atoms in total. The summed E-state index contributed by atoms with van der Waals surface area (Å²) < 4.78 is 1.20. The van der Waals surface area contributed by atoms with Crippen molar-refractivity contribution in [2.45, 2.75) is 45.6 Å². The SMILES string of the molecule is CCNCc1ccc(Br)cc1N1CCC2CCCCC2C1. The molecule has 2 unspecified atom stereocenters. The van der Waals surface area contributed by atoms with E-state index in [9.17, 15) is 0 Å². The van der Waals surface area contributed by atoms with Gasteiger partial charge in [-0.25, -0.2) is 0 Å². The summed E-state index contributed by atoms with van der Waals surface area (Å²) in [6.45, 7) is 6.67. The van der Waals surface area contributed by atoms with Crippen LogP contribution in [0.25, 0.3) is 0 Å². The Labute approximate surface area is 137 Å². The second-order valence-corrected chi connectivity index (χ2v) is 7.51. The van der Waals surface area contributed by atoms with Crippen LogP contribution in [-0.4, -0.2) is 19.6 Å². The molecule has 0 amide bonds. The number of hydrogen-bond acceptors (Lipinski definition) is 2. The molecular formula is C18H27BrN2. The summed E-state index contributed by atoms with van der Waals surface area (Å²) in [5.74, 6) is 1.93. The van der Waals surface area contributed by atoms with Crippen molar-refractivity contribution < 1.29 is 0 Å². The van der Waals surface area contributed by atoms with Crippen LogP contribution in [-0.2, 0) is 6.54 Å². The summed E-state index contributed by atoms with van der Waals surface area (Å²) in [7, 11) is 0. The van der Waals surface area contributed by atoms with E-state index in [4.69, 9.17) is 0 Å². The van der Waals surface area contributed by atoms with E-state index in [-0.39, 0.29) is 0 Å². The lowest BCUT2D eigenvalue weighted by atomic mass is 9.75. The third-order valence-corrected chi connectivity index (χ3v) is 5.74. The third-order valence-electron chi connectivity index (χ3n) is 5.24. The summed E-state index contributed by atoms with van der Waals surface area (Å²) in [6, 6.07) is 6.76. The van der Waals surface area contributed by atoms with E-state index in [0.717, 1.165) is 24.9 Å². The van der Waals surface area contributed by atoms with Gasteiger partial charge in [0.2, 0.25) is 0 Å². The van der Waals surface area contributed by atoms with Crippen LogP contribution < -0.4 is 10.2 Å². The fourth-order valence-electron chi connectivity index (χ4n) is 4.06. The highest BCUT2D eigenvalue weighted by atomic mass is 79.9. The highest BCUT2D eigenvalue weighted by molar-refractivity contribution is 9.10. The molecule has 1 N–H and O–H groups in total. The molecular weight excluding hydrogens is 324 g/mol. The van der Waals surface area contributed by atoms with Gasteiger partial charge in [0.1, 0.15) is 0 Å². The van der Waals surface area contributed by atoms with Crippen LogP contribution in [0.3, 0.4) is 0 Å². The summed E-state index contributed by atoms with van der Waals surface area (Å²) >= 11 is 3.65. The minimum Gasteiger partial charge on any atom is -0.371 e. The van der Waals surface area contributed by atoms with Crippen molar-refractivity contribution in [1.29, 1.82) is 0 Å². The highest BCUT2D eigenvalue weighted by Gasteiger charge is 2.31. The van der Waals surface area contributed by atoms with Crippen LogP contribution in [0, 0.1) is 11.8 Å². The maximum absolute atomic E-state index is 3.65. The number of benzene rings is 1. The van der Waals surface area contributed by atoms with Crippen LogP contribution in [0.5, 0.6) is 0 Å². The maximum Gasteiger partial charge on any atom is 0.0423 e. The van der Waals surface area contributed by atoms with Crippen molar-refractivity contribution in [2.75, 3.05) is 24.5 Å². The first-order valence-electron chi connectivity index (χ1n) is 8.52. The zero-order chi connectivity index (χ0) is 14.7. The van der Waals surface area contributed by atoms with Gasteiger partial charge in [-0.3, -0.25) is 0 Å². The largest absolute Gasteiger partial charge is 0.371 e. The van der Waals surface area contributed by atoms with Crippen molar-refractivity contribution in [3.63, 3.8) is 0 Å². The second-order valence-electron chi connectivity index (χ2n) is 6.59. The van der Waals surface area contributed by atoms with E-state index in [0.29, 0.717) is 0 Å². The number of nitrogens with zero attached hydrogens (tertiary/aromatic N) is 1. The van der Waals surface area contributed by atoms with Gasteiger partial charge < -0.3 is 10.2 Å². The van der Waals surface area contributed by atoms with E-state index in [1.165, 1.54) is 60.9 Å². The molecule has 0 spiro atoms. The zero-order valence-electron chi connectivity index (χ0n) is 13.1. The fourth-order valence-corrected chi connectivity index (χ4v) is 4.41. The van der Waals surface area contributed by atoms with Crippen LogP contribution in [0.15, 0.2) is 22.7 Å². The molecule has 2 aliphatic rings. The van der Waals surface area contributed by atoms with Gasteiger partial charge in [-0.05, 0) is 48.9 Å². The molecule has 1 saturated heterocycles. The molecule has 1 aliphatic heterocycles. The Morgan fingerprint density at radius 2 is 2.00 bits per heavy atom. The summed E-state index contributed by atoms with van der Waals surface area (Å²) in [6.07, 6.45) is 7.21. The van der Waals surface area contributed by atoms with Crippen molar-refractivity contribution in [3.8, 4) is 0 Å². The molecule has 2 atom stereocenters. The van der Waals surface area contributed by atoms with E-state index >= 15 is 0 Å². The van der Waals surface area contributed by atoms with Gasteiger partial charge in [0, 0.05) is 29.8 Å². The number of rotatable bonds is 4. The fraction of sp³-hybridized carbons (Fsp3) is 0.667. The number of hydrogen-bond donors (Lipinski definition) is 1. The van der Waals surface area contributed by atoms with Gasteiger partial charge in [-0.2, -0.15) is 0 Å². The van der Waals surface area contributed by atoms with Gasteiger partial charge in [-0.15, -0.1) is 0 Å². The van der Waals surface area contributed by atoms with Gasteiger partial charge in [0.05, 0.1) is 0 Å². The minimum atomic E-state index is 0.929. The van der Waals surface area contributed by atoms with Crippen LogP contribution in [0.1, 0.15) is 44.6 Å². The Bertz CT molecular complexity index is 474. The molecule has 2 fully saturated rings. The van der Waals surface area contributed by atoms with Crippen LogP contribution in [0.2, 0.25) is 0 Å². The zero-order valence-corrected chi connectivity index (χ0v) is 14.7. The lowest BCUT2D eigenvalue weighted by molar-refractivity contribution is 0.202. The molecule has 1 aromatic rings. The predicted octanol–water partition coefficient (Wildman–Crippen LogP) is 4.58. The molecule has 1 heterocycles. The molecule has 3 rings (SSSR count). The van der Waals surface area contributed by atoms with Crippen LogP contribution >= 0.6 is 15.9 Å². The van der Waals surface area contributed by atoms with Gasteiger partial charge in [-0.1, -0.05) is 48.2 Å². The Hall–Kier alpha value is -0.540. The van der Waals surface area contributed by atoms with Gasteiger partial charge in [0.25, 0.3) is 0 Å². The summed E-state index contributed by atoms with van der Waals surface area (Å²) in [4.78, 5) is 2.64. The van der Waals surface area contributed by atoms with Crippen molar-refractivity contribution >= 4 is 21.6 Å². The van der Waals surface area contributed by atoms with E-state index < -0.39 is 0 Å². The lowest BCUT2D eigenvalue weighted by Gasteiger charge is -2.43. The molecule has 0 radical (unpaired) electrons. The van der Waals surface area contributed by atoms with Crippen molar-refractivity contribution in [2.24, 2.45) is 11.8 Å². The molecule has 116 valence electrons. The average molecular weight is 351 g/mol. The lowest BCUT2D eigenvalue weighted by Crippen LogP contribution is -2.42. The van der Waals surface area contributed by atoms with Crippen molar-refractivity contribution in [1.82, 2.24) is 5.32 Å². The first kappa shape index (κ1) is 15.4. The first-order valence-corrected chi connectivity index (χ1v) is 9.31. The normalized spacial score (nSPS) is 25.7. The molecule has 1 aliphatic carbocycles. The molecule has 1 saturated carbocycles. The maximum atomic E-state index is 3.65. The number of nitrogens with one attached hydrogen (secondary N) is 1. The van der Waals surface area contributed by atoms with E-state index in [1.54, 1.807) is 0 Å². The highest BCUT2D eigenvalue weighted by Crippen LogP contribution is 2.38. The Balaban J connectivity index is 1.77. The Kier molecular flexibility index (Phi) is 5.23. The minimum absolute atomic E-state index is 0.929. The van der Waals surface area contributed by atoms with Gasteiger partial charge in [0.15, 0.2) is 0 Å². The van der Waals surface area contributed by atoms with Gasteiger partial charge >= 0.3 is 0 Å². The molecule has 0 aromatic heterocycles. The second kappa shape index (κ2) is 7.15. The smallest absolute Gasteiger partial charge is 0.0423 e. The van der Waals surface area contributed by atoms with Crippen LogP contribution in [0.4, 0.5) is 5.69 Å². The van der Waals surface area contributed by atoms with Crippen molar-refractivity contribution in [3.05, 3.63) is 28.2 Å². The third kappa shape index (κ3) is 3.62. The van der Waals surface area contributed by atoms with E-state index in [1.807, 2.05) is 0 Å². The monoisotopic (exact) mass is 350 g/mol. The van der Waals surface area contributed by atoms with E-state index in [2.05, 4.69) is 51.3 Å². The number of halogens is 1. The number of fused-ring (bicyclic) bond motifs is 1. The standard InChI is InChI=1S/C18H27BrN2/c1-2-20-12-15-7-8-17(19)11-18(15)21-10-9-14-5-3-4-6-16(14)13-21/h7-8,11,14,16,20H,2-6,9-10,12-13H2,1H3. The number of anilines is 1. The summed E-state index contributed by atoms with van der Waals surface area (Å²) in [5, 5.41) is 3.48. The molecule has 1 aromatic carbocycles.